The van der Waals surface area contributed by atoms with Gasteiger partial charge in [0.05, 0.1) is 25.9 Å². The number of ketones is 1. The molecule has 1 aliphatic carbocycles. The number of hydrogen-bond donors (Lipinski definition) is 1. The van der Waals surface area contributed by atoms with Gasteiger partial charge in [0.2, 0.25) is 0 Å². The molecule has 1 aromatic carbocycles. The average Bonchev–Trinajstić information content (AvgIpc) is 2.71. The molecule has 0 bridgehead atoms. The van der Waals surface area contributed by atoms with Gasteiger partial charge in [-0.2, -0.15) is 0 Å². The number of carbonyl (C=O) groups excluding carboxylic acids is 2. The topological polar surface area (TPSA) is 73.9 Å². The number of ether oxygens (including phenoxy) is 3. The molecule has 0 amide bonds. The van der Waals surface area contributed by atoms with E-state index in [9.17, 15) is 9.59 Å². The Morgan fingerprint density at radius 1 is 1.21 bits per heavy atom. The molecule has 0 saturated carbocycles. The summed E-state index contributed by atoms with van der Waals surface area (Å²) < 4.78 is 16.6. The molecule has 156 valence electrons. The molecule has 0 radical (unpaired) electrons. The van der Waals surface area contributed by atoms with Gasteiger partial charge in [0.25, 0.3) is 0 Å². The molecule has 0 unspecified atom stereocenters. The molecule has 1 aliphatic heterocycles. The number of methoxy groups -OCH3 is 1. The number of benzene rings is 1. The zero-order valence-corrected chi connectivity index (χ0v) is 17.6. The third-order valence-corrected chi connectivity index (χ3v) is 5.25. The Kier molecular flexibility index (Phi) is 6.62. The van der Waals surface area contributed by atoms with Gasteiger partial charge in [-0.1, -0.05) is 13.0 Å². The van der Waals surface area contributed by atoms with Crippen LogP contribution >= 0.6 is 0 Å². The normalized spacial score (nSPS) is 18.9. The highest BCUT2D eigenvalue weighted by Crippen LogP contribution is 2.44. The molecular weight excluding hydrogens is 370 g/mol. The van der Waals surface area contributed by atoms with E-state index in [4.69, 9.17) is 14.2 Å². The molecule has 1 N–H and O–H groups in total. The predicted molar refractivity (Wildman–Crippen MR) is 110 cm³/mol. The molecule has 6 nitrogen and oxygen atoms in total. The Bertz CT molecular complexity index is 868. The van der Waals surface area contributed by atoms with Crippen molar-refractivity contribution >= 4 is 11.8 Å². The second-order valence-corrected chi connectivity index (χ2v) is 7.24. The van der Waals surface area contributed by atoms with Crippen LogP contribution in [0.5, 0.6) is 11.5 Å². The first kappa shape index (κ1) is 21.0. The van der Waals surface area contributed by atoms with Gasteiger partial charge in [-0.15, -0.1) is 0 Å². The van der Waals surface area contributed by atoms with Crippen LogP contribution in [0.25, 0.3) is 0 Å². The van der Waals surface area contributed by atoms with Crippen molar-refractivity contribution in [2.24, 2.45) is 0 Å². The third-order valence-electron chi connectivity index (χ3n) is 5.25. The van der Waals surface area contributed by atoms with Crippen LogP contribution in [-0.4, -0.2) is 32.1 Å². The molecule has 2 aliphatic rings. The van der Waals surface area contributed by atoms with Crippen LogP contribution in [0.3, 0.4) is 0 Å². The first-order valence-electron chi connectivity index (χ1n) is 10.2. The Hall–Kier alpha value is -2.76. The molecule has 0 aromatic heterocycles. The second-order valence-electron chi connectivity index (χ2n) is 7.24. The van der Waals surface area contributed by atoms with E-state index in [0.29, 0.717) is 42.3 Å². The summed E-state index contributed by atoms with van der Waals surface area (Å²) in [5.74, 6) is 0.414. The van der Waals surface area contributed by atoms with E-state index in [1.54, 1.807) is 7.11 Å². The molecule has 0 saturated heterocycles. The number of rotatable bonds is 7. The van der Waals surface area contributed by atoms with Crippen molar-refractivity contribution in [1.29, 1.82) is 0 Å². The molecular formula is C23H29NO5. The largest absolute Gasteiger partial charge is 0.493 e. The number of carbonyl (C=O) groups is 2. The van der Waals surface area contributed by atoms with Gasteiger partial charge < -0.3 is 19.5 Å². The van der Waals surface area contributed by atoms with E-state index in [-0.39, 0.29) is 11.8 Å². The van der Waals surface area contributed by atoms with Gasteiger partial charge >= 0.3 is 5.97 Å². The highest BCUT2D eigenvalue weighted by atomic mass is 16.5. The van der Waals surface area contributed by atoms with Crippen LogP contribution in [0.15, 0.2) is 40.7 Å². The maximum atomic E-state index is 12.9. The number of dihydropyridines is 1. The van der Waals surface area contributed by atoms with Crippen molar-refractivity contribution in [2.75, 3.05) is 20.3 Å². The predicted octanol–water partition coefficient (Wildman–Crippen LogP) is 4.02. The Morgan fingerprint density at radius 3 is 2.69 bits per heavy atom. The van der Waals surface area contributed by atoms with Crippen LogP contribution in [0.4, 0.5) is 0 Å². The van der Waals surface area contributed by atoms with Gasteiger partial charge in [0.1, 0.15) is 0 Å². The van der Waals surface area contributed by atoms with Crippen LogP contribution in [0.2, 0.25) is 0 Å². The lowest BCUT2D eigenvalue weighted by Crippen LogP contribution is -2.34. The number of esters is 1. The lowest BCUT2D eigenvalue weighted by Gasteiger charge is -2.34. The van der Waals surface area contributed by atoms with E-state index >= 15 is 0 Å². The monoisotopic (exact) mass is 399 g/mol. The fourth-order valence-corrected chi connectivity index (χ4v) is 4.00. The summed E-state index contributed by atoms with van der Waals surface area (Å²) in [7, 11) is 1.58. The fourth-order valence-electron chi connectivity index (χ4n) is 4.00. The molecule has 0 fully saturated rings. The summed E-state index contributed by atoms with van der Waals surface area (Å²) in [6, 6.07) is 5.59. The van der Waals surface area contributed by atoms with Crippen LogP contribution < -0.4 is 14.8 Å². The molecule has 1 atom stereocenters. The third kappa shape index (κ3) is 4.16. The maximum Gasteiger partial charge on any atom is 0.336 e. The number of allylic oxidation sites excluding steroid dienone is 3. The van der Waals surface area contributed by atoms with Crippen molar-refractivity contribution < 1.29 is 23.8 Å². The summed E-state index contributed by atoms with van der Waals surface area (Å²) in [6.45, 7) is 6.59. The zero-order valence-electron chi connectivity index (χ0n) is 17.6. The first-order chi connectivity index (χ1) is 14.0. The van der Waals surface area contributed by atoms with Gasteiger partial charge in [-0.05, 0) is 50.8 Å². The van der Waals surface area contributed by atoms with Crippen molar-refractivity contribution in [2.45, 2.75) is 52.4 Å². The molecule has 0 spiro atoms. The Labute approximate surface area is 171 Å². The lowest BCUT2D eigenvalue weighted by molar-refractivity contribution is -0.139. The van der Waals surface area contributed by atoms with Crippen molar-refractivity contribution in [3.8, 4) is 11.5 Å². The summed E-state index contributed by atoms with van der Waals surface area (Å²) >= 11 is 0. The van der Waals surface area contributed by atoms with E-state index in [2.05, 4.69) is 5.32 Å². The summed E-state index contributed by atoms with van der Waals surface area (Å²) in [5.41, 5.74) is 3.61. The minimum atomic E-state index is -0.479. The van der Waals surface area contributed by atoms with Gasteiger partial charge in [-0.25, -0.2) is 4.79 Å². The Balaban J connectivity index is 2.12. The minimum Gasteiger partial charge on any atom is -0.493 e. The van der Waals surface area contributed by atoms with Gasteiger partial charge in [0, 0.05) is 29.3 Å². The molecule has 3 rings (SSSR count). The minimum absolute atomic E-state index is 0.0740. The molecule has 29 heavy (non-hydrogen) atoms. The Morgan fingerprint density at radius 2 is 2.00 bits per heavy atom. The van der Waals surface area contributed by atoms with Crippen molar-refractivity contribution in [3.05, 3.63) is 46.3 Å². The van der Waals surface area contributed by atoms with Gasteiger partial charge in [0.15, 0.2) is 17.3 Å². The lowest BCUT2D eigenvalue weighted by atomic mass is 9.75. The average molecular weight is 399 g/mol. The summed E-state index contributed by atoms with van der Waals surface area (Å²) in [6.07, 6.45) is 2.83. The molecule has 1 aromatic rings. The highest BCUT2D eigenvalue weighted by molar-refractivity contribution is 6.03. The zero-order chi connectivity index (χ0) is 21.0. The molecule has 1 heterocycles. The van der Waals surface area contributed by atoms with Gasteiger partial charge in [-0.3, -0.25) is 4.79 Å². The number of Topliss-reactive ketones (excluding diaryl/α,β-unsaturated/α-hetero) is 1. The van der Waals surface area contributed by atoms with Crippen LogP contribution in [-0.2, 0) is 14.3 Å². The van der Waals surface area contributed by atoms with Crippen LogP contribution in [0.1, 0.15) is 57.9 Å². The quantitative estimate of drug-likeness (QED) is 0.698. The standard InChI is InChI=1S/C23H29NO5/c1-5-12-29-23(26)20-14(3)24-16-8-7-9-17(25)22(16)21(20)15-10-11-18(28-6-2)19(13-15)27-4/h10-11,13,21,24H,5-9,12H2,1-4H3/t21-/m1/s1. The second kappa shape index (κ2) is 9.16. The number of hydrogen-bond acceptors (Lipinski definition) is 6. The number of nitrogens with one attached hydrogen (secondary N) is 1. The van der Waals surface area contributed by atoms with E-state index in [1.807, 2.05) is 39.0 Å². The van der Waals surface area contributed by atoms with E-state index < -0.39 is 5.92 Å². The highest BCUT2D eigenvalue weighted by Gasteiger charge is 2.39. The van der Waals surface area contributed by atoms with Crippen molar-refractivity contribution in [3.63, 3.8) is 0 Å². The SMILES string of the molecule is CCCOC(=O)C1=C(C)NC2=C(C(=O)CCC2)[C@@H]1c1ccc(OCC)c(OC)c1. The van der Waals surface area contributed by atoms with E-state index in [1.165, 1.54) is 0 Å². The summed E-state index contributed by atoms with van der Waals surface area (Å²) in [5, 5.41) is 3.30. The van der Waals surface area contributed by atoms with Crippen LogP contribution in [0, 0.1) is 0 Å². The fraction of sp³-hybridized carbons (Fsp3) is 0.478. The smallest absolute Gasteiger partial charge is 0.336 e. The van der Waals surface area contributed by atoms with E-state index in [0.717, 1.165) is 36.2 Å². The molecule has 6 heteroatoms. The first-order valence-corrected chi connectivity index (χ1v) is 10.2. The van der Waals surface area contributed by atoms with Crippen molar-refractivity contribution in [1.82, 2.24) is 5.32 Å². The summed E-state index contributed by atoms with van der Waals surface area (Å²) in [4.78, 5) is 25.8. The maximum absolute atomic E-state index is 12.9.